The molecule has 1 aromatic heterocycles. The van der Waals surface area contributed by atoms with E-state index in [1.54, 1.807) is 45.6 Å². The van der Waals surface area contributed by atoms with Crippen molar-refractivity contribution in [2.75, 3.05) is 45.6 Å². The number of fused-ring (bicyclic) bond motifs is 3. The molecular formula is C31H36N4O7. The fourth-order valence-electron chi connectivity index (χ4n) is 5.12. The molecule has 0 aliphatic heterocycles. The van der Waals surface area contributed by atoms with Gasteiger partial charge in [-0.2, -0.15) is 0 Å². The second kappa shape index (κ2) is 13.7. The van der Waals surface area contributed by atoms with Gasteiger partial charge >= 0.3 is 0 Å². The van der Waals surface area contributed by atoms with Gasteiger partial charge < -0.3 is 34.9 Å². The van der Waals surface area contributed by atoms with Crippen LogP contribution in [-0.4, -0.2) is 51.8 Å². The average molecular weight is 577 g/mol. The van der Waals surface area contributed by atoms with Gasteiger partial charge in [0, 0.05) is 31.5 Å². The van der Waals surface area contributed by atoms with Crippen molar-refractivity contribution in [1.29, 1.82) is 0 Å². The number of nitrogens with one attached hydrogen (secondary N) is 3. The van der Waals surface area contributed by atoms with Crippen LogP contribution < -0.4 is 40.3 Å². The van der Waals surface area contributed by atoms with Crippen molar-refractivity contribution in [3.05, 3.63) is 63.9 Å². The molecule has 11 heteroatoms. The normalized spacial score (nSPS) is 13.5. The molecule has 1 heterocycles. The van der Waals surface area contributed by atoms with Gasteiger partial charge in [0.05, 0.1) is 52.1 Å². The predicted molar refractivity (Wildman–Crippen MR) is 160 cm³/mol. The minimum Gasteiger partial charge on any atom is -0.493 e. The molecule has 0 saturated heterocycles. The summed E-state index contributed by atoms with van der Waals surface area (Å²) in [6.45, 7) is 1.86. The number of benzene rings is 1. The summed E-state index contributed by atoms with van der Waals surface area (Å²) >= 11 is 0. The third-order valence-electron chi connectivity index (χ3n) is 7.04. The molecule has 222 valence electrons. The first kappa shape index (κ1) is 30.2. The zero-order chi connectivity index (χ0) is 30.2. The number of nitrogens with zero attached hydrogens (tertiary/aromatic N) is 1. The topological polar surface area (TPSA) is 137 Å². The molecule has 2 amide bonds. The van der Waals surface area contributed by atoms with Crippen molar-refractivity contribution < 1.29 is 28.5 Å². The highest BCUT2D eigenvalue weighted by molar-refractivity contribution is 5.90. The molecular weight excluding hydrogens is 540 g/mol. The number of hydrogen-bond donors (Lipinski definition) is 3. The summed E-state index contributed by atoms with van der Waals surface area (Å²) in [5.74, 6) is 1.57. The summed E-state index contributed by atoms with van der Waals surface area (Å²) in [7, 11) is 6.19. The molecule has 42 heavy (non-hydrogen) atoms. The zero-order valence-corrected chi connectivity index (χ0v) is 24.5. The van der Waals surface area contributed by atoms with Crippen LogP contribution in [0.5, 0.6) is 23.1 Å². The predicted octanol–water partition coefficient (Wildman–Crippen LogP) is 4.10. The van der Waals surface area contributed by atoms with Gasteiger partial charge in [-0.25, -0.2) is 4.98 Å². The summed E-state index contributed by atoms with van der Waals surface area (Å²) in [6, 6.07) is 10.0. The van der Waals surface area contributed by atoms with Crippen molar-refractivity contribution in [3.8, 4) is 34.3 Å². The fraction of sp³-hybridized carbons (Fsp3) is 0.355. The van der Waals surface area contributed by atoms with E-state index in [-0.39, 0.29) is 23.7 Å². The van der Waals surface area contributed by atoms with Crippen molar-refractivity contribution in [2.45, 2.75) is 38.6 Å². The second-order valence-electron chi connectivity index (χ2n) is 9.76. The number of methoxy groups -OCH3 is 4. The highest BCUT2D eigenvalue weighted by Crippen LogP contribution is 2.50. The zero-order valence-electron chi connectivity index (χ0n) is 24.5. The first-order valence-electron chi connectivity index (χ1n) is 13.6. The minimum atomic E-state index is -0.393. The van der Waals surface area contributed by atoms with E-state index in [1.807, 2.05) is 12.1 Å². The van der Waals surface area contributed by atoms with Crippen LogP contribution >= 0.6 is 0 Å². The van der Waals surface area contributed by atoms with E-state index in [0.717, 1.165) is 16.7 Å². The van der Waals surface area contributed by atoms with Gasteiger partial charge in [-0.05, 0) is 60.2 Å². The summed E-state index contributed by atoms with van der Waals surface area (Å²) in [5.41, 5.74) is 3.88. The van der Waals surface area contributed by atoms with E-state index < -0.39 is 6.04 Å². The third-order valence-corrected chi connectivity index (χ3v) is 7.04. The number of anilines is 2. The molecule has 2 aromatic carbocycles. The monoisotopic (exact) mass is 576 g/mol. The smallest absolute Gasteiger partial charge is 0.224 e. The molecule has 0 fully saturated rings. The van der Waals surface area contributed by atoms with Crippen LogP contribution in [0, 0.1) is 0 Å². The molecule has 4 rings (SSSR count). The highest BCUT2D eigenvalue weighted by Gasteiger charge is 2.29. The fourth-order valence-corrected chi connectivity index (χ4v) is 5.12. The first-order valence-corrected chi connectivity index (χ1v) is 13.6. The van der Waals surface area contributed by atoms with E-state index in [1.165, 1.54) is 20.2 Å². The van der Waals surface area contributed by atoms with E-state index in [2.05, 4.69) is 20.9 Å². The number of rotatable bonds is 11. The number of carbonyl (C=O) groups excluding carboxylic acids is 2. The summed E-state index contributed by atoms with van der Waals surface area (Å²) in [4.78, 5) is 42.0. The number of carbonyl (C=O) groups is 2. The van der Waals surface area contributed by atoms with Crippen LogP contribution in [0.2, 0.25) is 0 Å². The highest BCUT2D eigenvalue weighted by atomic mass is 16.5. The van der Waals surface area contributed by atoms with Crippen LogP contribution in [0.25, 0.3) is 11.1 Å². The molecule has 0 radical (unpaired) electrons. The average Bonchev–Trinajstić information content (AvgIpc) is 3.23. The van der Waals surface area contributed by atoms with Gasteiger partial charge in [-0.3, -0.25) is 14.4 Å². The van der Waals surface area contributed by atoms with E-state index in [0.29, 0.717) is 65.9 Å². The Morgan fingerprint density at radius 3 is 2.40 bits per heavy atom. The molecule has 3 N–H and O–H groups in total. The second-order valence-corrected chi connectivity index (χ2v) is 9.76. The lowest BCUT2D eigenvalue weighted by Gasteiger charge is -2.19. The SMILES string of the molecule is COc1ccc(NC(=O)CCCNc2ccc3c(cc2=O)[C@@H](NC(C)=O)CCc2cc(OC)c(OC)c(OC)c2-3)cn1. The standard InChI is InChI=1S/C31H36N4O7/c1-18(36)34-23-11-8-19-15-26(39-2)30(41-4)31(42-5)29(19)21-10-12-24(25(37)16-22(21)23)32-14-6-7-27(38)35-20-9-13-28(40-3)33-17-20/h9-10,12-13,15-17,23H,6-8,11,14H2,1-5H3,(H,32,37)(H,34,36)(H,35,38)/t23-/m0/s1. The van der Waals surface area contributed by atoms with Crippen LogP contribution in [0.15, 0.2) is 47.4 Å². The van der Waals surface area contributed by atoms with Crippen LogP contribution in [0.1, 0.15) is 43.4 Å². The molecule has 0 saturated carbocycles. The summed E-state index contributed by atoms with van der Waals surface area (Å²) < 4.78 is 22.1. The van der Waals surface area contributed by atoms with Crippen molar-refractivity contribution >= 4 is 23.2 Å². The first-order chi connectivity index (χ1) is 20.3. The van der Waals surface area contributed by atoms with Crippen LogP contribution in [-0.2, 0) is 16.0 Å². The Hall–Kier alpha value is -4.80. The molecule has 1 aliphatic carbocycles. The lowest BCUT2D eigenvalue weighted by Crippen LogP contribution is -2.26. The maximum Gasteiger partial charge on any atom is 0.224 e. The van der Waals surface area contributed by atoms with E-state index in [4.69, 9.17) is 18.9 Å². The number of pyridine rings is 1. The molecule has 1 atom stereocenters. The van der Waals surface area contributed by atoms with E-state index in [9.17, 15) is 14.4 Å². The molecule has 11 nitrogen and oxygen atoms in total. The maximum atomic E-state index is 13.4. The Morgan fingerprint density at radius 1 is 0.976 bits per heavy atom. The van der Waals surface area contributed by atoms with Gasteiger partial charge in [0.2, 0.25) is 28.9 Å². The van der Waals surface area contributed by atoms with Gasteiger partial charge in [-0.15, -0.1) is 0 Å². The largest absolute Gasteiger partial charge is 0.493 e. The summed E-state index contributed by atoms with van der Waals surface area (Å²) in [6.07, 6.45) is 3.46. The lowest BCUT2D eigenvalue weighted by molar-refractivity contribution is -0.119. The van der Waals surface area contributed by atoms with Crippen molar-refractivity contribution in [2.24, 2.45) is 0 Å². The van der Waals surface area contributed by atoms with Crippen LogP contribution in [0.4, 0.5) is 11.4 Å². The molecule has 0 bridgehead atoms. The number of aryl methyl sites for hydroxylation is 1. The summed E-state index contributed by atoms with van der Waals surface area (Å²) in [5, 5.41) is 8.97. The number of amides is 2. The quantitative estimate of drug-likeness (QED) is 0.288. The Labute approximate surface area is 244 Å². The Kier molecular flexibility index (Phi) is 9.85. The van der Waals surface area contributed by atoms with E-state index >= 15 is 0 Å². The molecule has 0 unspecified atom stereocenters. The Bertz CT molecular complexity index is 1510. The van der Waals surface area contributed by atoms with Gasteiger partial charge in [-0.1, -0.05) is 6.07 Å². The van der Waals surface area contributed by atoms with Gasteiger partial charge in [0.1, 0.15) is 0 Å². The number of hydrogen-bond acceptors (Lipinski definition) is 9. The maximum absolute atomic E-state index is 13.4. The number of ether oxygens (including phenoxy) is 4. The molecule has 0 spiro atoms. The number of aromatic nitrogens is 1. The van der Waals surface area contributed by atoms with Crippen molar-refractivity contribution in [3.63, 3.8) is 0 Å². The Morgan fingerprint density at radius 2 is 1.76 bits per heavy atom. The minimum absolute atomic E-state index is 0.164. The molecule has 3 aromatic rings. The van der Waals surface area contributed by atoms with Gasteiger partial charge in [0.15, 0.2) is 11.5 Å². The van der Waals surface area contributed by atoms with Crippen molar-refractivity contribution in [1.82, 2.24) is 10.3 Å². The molecule has 1 aliphatic rings. The lowest BCUT2D eigenvalue weighted by atomic mass is 9.95. The van der Waals surface area contributed by atoms with Crippen LogP contribution in [0.3, 0.4) is 0 Å². The van der Waals surface area contributed by atoms with Gasteiger partial charge in [0.25, 0.3) is 0 Å². The third kappa shape index (κ3) is 6.73. The Balaban J connectivity index is 1.60.